The Hall–Kier alpha value is -1.56. The molecule has 2 rings (SSSR count). The van der Waals surface area contributed by atoms with E-state index in [-0.39, 0.29) is 0 Å². The molecule has 0 aromatic heterocycles. The van der Waals surface area contributed by atoms with Gasteiger partial charge in [-0.2, -0.15) is 13.2 Å². The summed E-state index contributed by atoms with van der Waals surface area (Å²) in [6.07, 6.45) is -4.63. The first-order valence-electron chi connectivity index (χ1n) is 5.80. The van der Waals surface area contributed by atoms with Crippen molar-refractivity contribution in [3.8, 4) is 0 Å². The van der Waals surface area contributed by atoms with Crippen LogP contribution in [0.1, 0.15) is 23.7 Å². The average Bonchev–Trinajstić information content (AvgIpc) is 2.86. The number of benzene rings is 1. The molecule has 0 saturated carbocycles. The molecule has 104 valence electrons. The van der Waals surface area contributed by atoms with Crippen molar-refractivity contribution in [3.05, 3.63) is 35.4 Å². The number of hydrogen-bond acceptors (Lipinski definition) is 3. The summed E-state index contributed by atoms with van der Waals surface area (Å²) < 4.78 is 47.9. The van der Waals surface area contributed by atoms with Crippen molar-refractivity contribution < 1.29 is 27.4 Å². The highest BCUT2D eigenvalue weighted by Crippen LogP contribution is 2.37. The minimum Gasteiger partial charge on any atom is -0.469 e. The third-order valence-corrected chi connectivity index (χ3v) is 3.14. The lowest BCUT2D eigenvalue weighted by atomic mass is 9.94. The number of rotatable bonds is 2. The molecule has 1 fully saturated rings. The van der Waals surface area contributed by atoms with Crippen molar-refractivity contribution in [1.29, 1.82) is 0 Å². The van der Waals surface area contributed by atoms with Crippen LogP contribution in [0.4, 0.5) is 13.2 Å². The summed E-state index contributed by atoms with van der Waals surface area (Å²) >= 11 is 0. The fraction of sp³-hybridized carbons (Fsp3) is 0.462. The van der Waals surface area contributed by atoms with Crippen LogP contribution in [0.2, 0.25) is 0 Å². The molecule has 0 aliphatic carbocycles. The quantitative estimate of drug-likeness (QED) is 0.778. The highest BCUT2D eigenvalue weighted by atomic mass is 19.4. The SMILES string of the molecule is COC(=O)[C@@H]1CCO[C@H]1c1cccc(C(F)(F)F)c1. The van der Waals surface area contributed by atoms with Gasteiger partial charge in [-0.05, 0) is 24.1 Å². The highest BCUT2D eigenvalue weighted by molar-refractivity contribution is 5.73. The van der Waals surface area contributed by atoms with Gasteiger partial charge >= 0.3 is 12.1 Å². The van der Waals surface area contributed by atoms with Gasteiger partial charge in [-0.15, -0.1) is 0 Å². The monoisotopic (exact) mass is 274 g/mol. The molecule has 1 saturated heterocycles. The van der Waals surface area contributed by atoms with Crippen molar-refractivity contribution in [2.45, 2.75) is 18.7 Å². The molecule has 2 atom stereocenters. The summed E-state index contributed by atoms with van der Waals surface area (Å²) in [6, 6.07) is 4.85. The Labute approximate surface area is 108 Å². The molecule has 1 heterocycles. The molecule has 19 heavy (non-hydrogen) atoms. The van der Waals surface area contributed by atoms with Crippen LogP contribution in [0.3, 0.4) is 0 Å². The molecule has 6 heteroatoms. The summed E-state index contributed by atoms with van der Waals surface area (Å²) in [5.41, 5.74) is -0.396. The zero-order valence-corrected chi connectivity index (χ0v) is 10.2. The van der Waals surface area contributed by atoms with E-state index >= 15 is 0 Å². The molecule has 0 unspecified atom stereocenters. The van der Waals surface area contributed by atoms with Crippen LogP contribution in [-0.2, 0) is 20.4 Å². The third-order valence-electron chi connectivity index (χ3n) is 3.14. The number of hydrogen-bond donors (Lipinski definition) is 0. The Morgan fingerprint density at radius 1 is 1.42 bits per heavy atom. The number of esters is 1. The topological polar surface area (TPSA) is 35.5 Å². The van der Waals surface area contributed by atoms with E-state index in [1.807, 2.05) is 0 Å². The molecule has 1 aromatic rings. The van der Waals surface area contributed by atoms with Crippen molar-refractivity contribution in [3.63, 3.8) is 0 Å². The maximum absolute atomic E-state index is 12.6. The van der Waals surface area contributed by atoms with Crippen LogP contribution in [0.25, 0.3) is 0 Å². The smallest absolute Gasteiger partial charge is 0.416 e. The molecule has 0 N–H and O–H groups in total. The fourth-order valence-corrected chi connectivity index (χ4v) is 2.20. The lowest BCUT2D eigenvalue weighted by Crippen LogP contribution is -2.20. The average molecular weight is 274 g/mol. The molecule has 0 radical (unpaired) electrons. The van der Waals surface area contributed by atoms with E-state index < -0.39 is 29.7 Å². The molecule has 1 aliphatic rings. The van der Waals surface area contributed by atoms with E-state index in [2.05, 4.69) is 4.74 Å². The molecule has 0 amide bonds. The van der Waals surface area contributed by atoms with Gasteiger partial charge in [0.2, 0.25) is 0 Å². The zero-order chi connectivity index (χ0) is 14.0. The zero-order valence-electron chi connectivity index (χ0n) is 10.2. The number of ether oxygens (including phenoxy) is 2. The highest BCUT2D eigenvalue weighted by Gasteiger charge is 2.37. The Morgan fingerprint density at radius 2 is 2.16 bits per heavy atom. The number of carbonyl (C=O) groups excluding carboxylic acids is 1. The first-order valence-corrected chi connectivity index (χ1v) is 5.80. The van der Waals surface area contributed by atoms with E-state index in [1.165, 1.54) is 19.2 Å². The summed E-state index contributed by atoms with van der Waals surface area (Å²) in [4.78, 5) is 11.6. The van der Waals surface area contributed by atoms with Crippen LogP contribution in [0.5, 0.6) is 0 Å². The van der Waals surface area contributed by atoms with Crippen molar-refractivity contribution in [2.24, 2.45) is 5.92 Å². The minimum atomic E-state index is -4.41. The largest absolute Gasteiger partial charge is 0.469 e. The van der Waals surface area contributed by atoms with Crippen LogP contribution in [0.15, 0.2) is 24.3 Å². The predicted molar refractivity (Wildman–Crippen MR) is 60.3 cm³/mol. The molecule has 3 nitrogen and oxygen atoms in total. The summed E-state index contributed by atoms with van der Waals surface area (Å²) in [7, 11) is 1.25. The second-order valence-corrected chi connectivity index (χ2v) is 4.33. The maximum atomic E-state index is 12.6. The van der Waals surface area contributed by atoms with Crippen molar-refractivity contribution in [1.82, 2.24) is 0 Å². The Morgan fingerprint density at radius 3 is 2.79 bits per heavy atom. The standard InChI is InChI=1S/C13H13F3O3/c1-18-12(17)10-5-6-19-11(10)8-3-2-4-9(7-8)13(14,15)16/h2-4,7,10-11H,5-6H2,1H3/t10-,11+/m1/s1. The first-order chi connectivity index (χ1) is 8.93. The van der Waals surface area contributed by atoms with Crippen molar-refractivity contribution >= 4 is 5.97 Å². The van der Waals surface area contributed by atoms with E-state index in [0.717, 1.165) is 12.1 Å². The van der Waals surface area contributed by atoms with Gasteiger partial charge in [0.25, 0.3) is 0 Å². The van der Waals surface area contributed by atoms with Gasteiger partial charge in [0.1, 0.15) is 0 Å². The van der Waals surface area contributed by atoms with Crippen LogP contribution in [-0.4, -0.2) is 19.7 Å². The maximum Gasteiger partial charge on any atom is 0.416 e. The lowest BCUT2D eigenvalue weighted by Gasteiger charge is -2.18. The minimum absolute atomic E-state index is 0.334. The van der Waals surface area contributed by atoms with Gasteiger partial charge < -0.3 is 9.47 Å². The first kappa shape index (κ1) is 13.9. The molecule has 0 spiro atoms. The van der Waals surface area contributed by atoms with Gasteiger partial charge in [-0.3, -0.25) is 4.79 Å². The van der Waals surface area contributed by atoms with Gasteiger partial charge in [0.05, 0.1) is 24.7 Å². The Balaban J connectivity index is 2.29. The Bertz CT molecular complexity index is 470. The van der Waals surface area contributed by atoms with E-state index in [4.69, 9.17) is 4.74 Å². The van der Waals surface area contributed by atoms with Gasteiger partial charge in [-0.1, -0.05) is 12.1 Å². The molecular weight excluding hydrogens is 261 g/mol. The fourth-order valence-electron chi connectivity index (χ4n) is 2.20. The number of carbonyl (C=O) groups is 1. The van der Waals surface area contributed by atoms with E-state index in [0.29, 0.717) is 18.6 Å². The summed E-state index contributed by atoms with van der Waals surface area (Å²) in [5, 5.41) is 0. The lowest BCUT2D eigenvalue weighted by molar-refractivity contribution is -0.147. The van der Waals surface area contributed by atoms with Crippen molar-refractivity contribution in [2.75, 3.05) is 13.7 Å². The second kappa shape index (κ2) is 5.21. The van der Waals surface area contributed by atoms with E-state index in [1.54, 1.807) is 0 Å². The van der Waals surface area contributed by atoms with Crippen LogP contribution >= 0.6 is 0 Å². The Kier molecular flexibility index (Phi) is 3.80. The summed E-state index contributed by atoms with van der Waals surface area (Å²) in [5.74, 6) is -1.01. The van der Waals surface area contributed by atoms with Crippen LogP contribution < -0.4 is 0 Å². The molecule has 0 bridgehead atoms. The predicted octanol–water partition coefficient (Wildman–Crippen LogP) is 2.96. The second-order valence-electron chi connectivity index (χ2n) is 4.33. The molecule has 1 aromatic carbocycles. The molecular formula is C13H13F3O3. The van der Waals surface area contributed by atoms with Gasteiger partial charge in [0, 0.05) is 6.61 Å². The van der Waals surface area contributed by atoms with E-state index in [9.17, 15) is 18.0 Å². The number of halogens is 3. The number of alkyl halides is 3. The van der Waals surface area contributed by atoms with Gasteiger partial charge in [0.15, 0.2) is 0 Å². The third kappa shape index (κ3) is 2.89. The normalized spacial score (nSPS) is 23.4. The number of methoxy groups -OCH3 is 1. The van der Waals surface area contributed by atoms with Crippen LogP contribution in [0, 0.1) is 5.92 Å². The van der Waals surface area contributed by atoms with Gasteiger partial charge in [-0.25, -0.2) is 0 Å². The summed E-state index contributed by atoms with van der Waals surface area (Å²) in [6.45, 7) is 0.334. The molecule has 1 aliphatic heterocycles.